The fourth-order valence-corrected chi connectivity index (χ4v) is 1.24. The maximum Gasteiger partial charge on any atom is 0.311 e. The number of rotatable bonds is 7. The molecule has 0 heterocycles. The molecule has 0 saturated heterocycles. The fraction of sp³-hybridized carbons (Fsp3) is 0.455. The summed E-state index contributed by atoms with van der Waals surface area (Å²) in [6, 6.07) is 3.14. The van der Waals surface area contributed by atoms with Gasteiger partial charge in [0.2, 0.25) is 0 Å². The highest BCUT2D eigenvalue weighted by molar-refractivity contribution is 5.46. The van der Waals surface area contributed by atoms with Gasteiger partial charge in [0.15, 0.2) is 5.75 Å². The lowest BCUT2D eigenvalue weighted by molar-refractivity contribution is -0.385. The number of nitro benzene ring substituents is 1. The largest absolute Gasteiger partial charge is 0.487 e. The lowest BCUT2D eigenvalue weighted by Gasteiger charge is -2.06. The first kappa shape index (κ1) is 13.4. The Morgan fingerprint density at radius 1 is 1.41 bits per heavy atom. The van der Waals surface area contributed by atoms with Crippen LogP contribution in [0.4, 0.5) is 10.1 Å². The third-order valence-corrected chi connectivity index (χ3v) is 2.01. The van der Waals surface area contributed by atoms with Crippen LogP contribution < -0.4 is 4.74 Å². The van der Waals surface area contributed by atoms with Gasteiger partial charge in [-0.2, -0.15) is 0 Å². The Kier molecular flexibility index (Phi) is 5.35. The molecule has 0 spiro atoms. The number of nitro groups is 1. The maximum absolute atomic E-state index is 12.9. The van der Waals surface area contributed by atoms with E-state index in [9.17, 15) is 14.5 Å². The first-order chi connectivity index (χ1) is 8.15. The number of benzene rings is 1. The van der Waals surface area contributed by atoms with Crippen molar-refractivity contribution in [2.45, 2.75) is 13.3 Å². The topological polar surface area (TPSA) is 61.6 Å². The lowest BCUT2D eigenvalue weighted by Crippen LogP contribution is -2.04. The first-order valence-corrected chi connectivity index (χ1v) is 5.29. The van der Waals surface area contributed by atoms with Crippen molar-refractivity contribution in [2.75, 3.05) is 19.8 Å². The van der Waals surface area contributed by atoms with Crippen LogP contribution in [0.15, 0.2) is 18.2 Å². The molecular weight excluding hydrogens is 229 g/mol. The number of hydrogen-bond donors (Lipinski definition) is 0. The molecule has 0 N–H and O–H groups in total. The van der Waals surface area contributed by atoms with Crippen molar-refractivity contribution >= 4 is 5.69 Å². The van der Waals surface area contributed by atoms with E-state index < -0.39 is 10.7 Å². The summed E-state index contributed by atoms with van der Waals surface area (Å²) in [6.45, 7) is 3.25. The van der Waals surface area contributed by atoms with Crippen LogP contribution in [-0.2, 0) is 4.74 Å². The Labute approximate surface area is 98.3 Å². The Hall–Kier alpha value is -1.69. The molecule has 0 unspecified atom stereocenters. The molecule has 0 fully saturated rings. The Morgan fingerprint density at radius 2 is 2.18 bits per heavy atom. The first-order valence-electron chi connectivity index (χ1n) is 5.29. The summed E-state index contributed by atoms with van der Waals surface area (Å²) in [5.74, 6) is -0.609. The molecule has 0 aromatic heterocycles. The van der Waals surface area contributed by atoms with Crippen molar-refractivity contribution in [2.24, 2.45) is 0 Å². The summed E-state index contributed by atoms with van der Waals surface area (Å²) in [7, 11) is 0. The van der Waals surface area contributed by atoms with Gasteiger partial charge in [0.05, 0.1) is 11.5 Å². The van der Waals surface area contributed by atoms with E-state index in [-0.39, 0.29) is 18.0 Å². The molecule has 0 amide bonds. The minimum absolute atomic E-state index is 0.0495. The van der Waals surface area contributed by atoms with E-state index in [0.717, 1.165) is 18.2 Å². The van der Waals surface area contributed by atoms with E-state index in [4.69, 9.17) is 9.47 Å². The van der Waals surface area contributed by atoms with Gasteiger partial charge in [0.1, 0.15) is 5.82 Å². The minimum atomic E-state index is -0.600. The molecule has 1 aromatic rings. The van der Waals surface area contributed by atoms with Crippen molar-refractivity contribution in [3.05, 3.63) is 34.1 Å². The summed E-state index contributed by atoms with van der Waals surface area (Å²) in [5, 5.41) is 10.6. The van der Waals surface area contributed by atoms with Gasteiger partial charge >= 0.3 is 5.69 Å². The second-order valence-electron chi connectivity index (χ2n) is 3.27. The average Bonchev–Trinajstić information content (AvgIpc) is 2.28. The number of hydrogen-bond acceptors (Lipinski definition) is 4. The van der Waals surface area contributed by atoms with Gasteiger partial charge in [-0.25, -0.2) is 4.39 Å². The Bertz CT molecular complexity index is 384. The van der Waals surface area contributed by atoms with E-state index >= 15 is 0 Å². The molecule has 0 radical (unpaired) electrons. The quantitative estimate of drug-likeness (QED) is 0.419. The predicted octanol–water partition coefficient (Wildman–Crippen LogP) is 2.54. The maximum atomic E-state index is 12.9. The third-order valence-electron chi connectivity index (χ3n) is 2.01. The Morgan fingerprint density at radius 3 is 2.82 bits per heavy atom. The van der Waals surface area contributed by atoms with Gasteiger partial charge in [-0.1, -0.05) is 0 Å². The van der Waals surface area contributed by atoms with E-state index in [1.165, 1.54) is 0 Å². The average molecular weight is 243 g/mol. The molecule has 0 aliphatic rings. The predicted molar refractivity (Wildman–Crippen MR) is 59.7 cm³/mol. The minimum Gasteiger partial charge on any atom is -0.487 e. The van der Waals surface area contributed by atoms with E-state index in [2.05, 4.69) is 0 Å². The molecule has 0 bridgehead atoms. The molecule has 17 heavy (non-hydrogen) atoms. The monoisotopic (exact) mass is 243 g/mol. The van der Waals surface area contributed by atoms with Crippen LogP contribution in [0.2, 0.25) is 0 Å². The molecule has 1 aromatic carbocycles. The van der Waals surface area contributed by atoms with Crippen LogP contribution in [-0.4, -0.2) is 24.7 Å². The molecule has 1 rings (SSSR count). The van der Waals surface area contributed by atoms with Crippen molar-refractivity contribution in [3.8, 4) is 5.75 Å². The zero-order chi connectivity index (χ0) is 12.7. The van der Waals surface area contributed by atoms with Crippen LogP contribution in [0.3, 0.4) is 0 Å². The van der Waals surface area contributed by atoms with Gasteiger partial charge in [-0.3, -0.25) is 10.1 Å². The van der Waals surface area contributed by atoms with Gasteiger partial charge in [-0.05, 0) is 13.0 Å². The fourth-order valence-electron chi connectivity index (χ4n) is 1.24. The summed E-state index contributed by atoms with van der Waals surface area (Å²) in [4.78, 5) is 10.0. The molecule has 0 aliphatic carbocycles. The van der Waals surface area contributed by atoms with Crippen molar-refractivity contribution in [1.82, 2.24) is 0 Å². The molecule has 6 heteroatoms. The molecule has 0 saturated carbocycles. The number of ether oxygens (including phenoxy) is 2. The van der Waals surface area contributed by atoms with Crippen LogP contribution in [0.1, 0.15) is 13.3 Å². The smallest absolute Gasteiger partial charge is 0.311 e. The van der Waals surface area contributed by atoms with Crippen LogP contribution in [0.25, 0.3) is 0 Å². The van der Waals surface area contributed by atoms with Crippen LogP contribution in [0, 0.1) is 15.9 Å². The summed E-state index contributed by atoms with van der Waals surface area (Å²) in [5.41, 5.74) is -0.234. The van der Waals surface area contributed by atoms with Crippen molar-refractivity contribution < 1.29 is 18.8 Å². The van der Waals surface area contributed by atoms with E-state index in [1.807, 2.05) is 6.92 Å². The lowest BCUT2D eigenvalue weighted by atomic mass is 10.3. The zero-order valence-corrected chi connectivity index (χ0v) is 9.52. The van der Waals surface area contributed by atoms with Gasteiger partial charge < -0.3 is 9.47 Å². The van der Waals surface area contributed by atoms with E-state index in [1.54, 1.807) is 0 Å². The van der Waals surface area contributed by atoms with Gasteiger partial charge in [0.25, 0.3) is 0 Å². The normalized spacial score (nSPS) is 10.2. The second-order valence-corrected chi connectivity index (χ2v) is 3.27. The molecule has 94 valence electrons. The van der Waals surface area contributed by atoms with Gasteiger partial charge in [0, 0.05) is 31.8 Å². The highest BCUT2D eigenvalue weighted by Gasteiger charge is 2.15. The number of halogens is 1. The number of nitrogens with zero attached hydrogens (tertiary/aromatic N) is 1. The highest BCUT2D eigenvalue weighted by atomic mass is 19.1. The van der Waals surface area contributed by atoms with Crippen molar-refractivity contribution in [3.63, 3.8) is 0 Å². The second kappa shape index (κ2) is 6.80. The third kappa shape index (κ3) is 4.36. The van der Waals surface area contributed by atoms with Crippen LogP contribution in [0.5, 0.6) is 5.75 Å². The molecule has 5 nitrogen and oxygen atoms in total. The molecule has 0 aliphatic heterocycles. The molecular formula is C11H14FNO4. The summed E-state index contributed by atoms with van der Waals surface area (Å²) < 4.78 is 23.2. The SMILES string of the molecule is CCOCCCOc1cc(F)ccc1[N+](=O)[O-]. The summed E-state index contributed by atoms with van der Waals surface area (Å²) in [6.07, 6.45) is 0.599. The summed E-state index contributed by atoms with van der Waals surface area (Å²) >= 11 is 0. The van der Waals surface area contributed by atoms with Crippen LogP contribution >= 0.6 is 0 Å². The van der Waals surface area contributed by atoms with Gasteiger partial charge in [-0.15, -0.1) is 0 Å². The van der Waals surface area contributed by atoms with Crippen molar-refractivity contribution in [1.29, 1.82) is 0 Å². The highest BCUT2D eigenvalue weighted by Crippen LogP contribution is 2.27. The standard InChI is InChI=1S/C11H14FNO4/c1-2-16-6-3-7-17-11-8-9(12)4-5-10(11)13(14)15/h4-5,8H,2-3,6-7H2,1H3. The van der Waals surface area contributed by atoms with E-state index in [0.29, 0.717) is 19.6 Å². The zero-order valence-electron chi connectivity index (χ0n) is 9.52. The Balaban J connectivity index is 2.56. The molecule has 0 atom stereocenters.